The van der Waals surface area contributed by atoms with Gasteiger partial charge in [-0.2, -0.15) is 0 Å². The molecule has 0 fully saturated rings. The Balaban J connectivity index is 1.99. The van der Waals surface area contributed by atoms with Gasteiger partial charge in [0.15, 0.2) is 0 Å². The topological polar surface area (TPSA) is 37.8 Å². The Morgan fingerprint density at radius 3 is 2.95 bits per heavy atom. The van der Waals surface area contributed by atoms with Crippen molar-refractivity contribution in [3.8, 4) is 0 Å². The number of aryl methyl sites for hydroxylation is 1. The van der Waals surface area contributed by atoms with Crippen LogP contribution in [-0.4, -0.2) is 9.97 Å². The second-order valence-electron chi connectivity index (χ2n) is 4.92. The lowest BCUT2D eigenvalue weighted by Crippen LogP contribution is -2.10. The molecule has 1 unspecified atom stereocenters. The monoisotopic (exact) mass is 337 g/mol. The SMILES string of the molecule is CCCC(Nc1nc(Cl)nc2sc(C)cc12)c1cccs1. The minimum absolute atomic E-state index is 0.268. The second kappa shape index (κ2) is 6.30. The Kier molecular flexibility index (Phi) is 4.42. The highest BCUT2D eigenvalue weighted by atomic mass is 35.5. The predicted octanol–water partition coefficient (Wildman–Crippen LogP) is 5.67. The normalized spacial score (nSPS) is 12.7. The van der Waals surface area contributed by atoms with Gasteiger partial charge in [-0.15, -0.1) is 22.7 Å². The molecule has 0 radical (unpaired) electrons. The van der Waals surface area contributed by atoms with Crippen LogP contribution in [0.5, 0.6) is 0 Å². The Morgan fingerprint density at radius 2 is 2.24 bits per heavy atom. The highest BCUT2D eigenvalue weighted by Crippen LogP contribution is 2.33. The van der Waals surface area contributed by atoms with Crippen molar-refractivity contribution in [1.29, 1.82) is 0 Å². The molecule has 3 nitrogen and oxygen atoms in total. The van der Waals surface area contributed by atoms with Gasteiger partial charge in [0.1, 0.15) is 10.6 Å². The molecular weight excluding hydrogens is 322 g/mol. The smallest absolute Gasteiger partial charge is 0.225 e. The molecule has 6 heteroatoms. The van der Waals surface area contributed by atoms with E-state index in [0.717, 1.165) is 28.9 Å². The fourth-order valence-electron chi connectivity index (χ4n) is 2.35. The number of hydrogen-bond acceptors (Lipinski definition) is 5. The molecule has 1 N–H and O–H groups in total. The van der Waals surface area contributed by atoms with Crippen molar-refractivity contribution in [2.75, 3.05) is 5.32 Å². The summed E-state index contributed by atoms with van der Waals surface area (Å²) in [5.74, 6) is 0.834. The molecule has 0 bridgehead atoms. The van der Waals surface area contributed by atoms with E-state index in [-0.39, 0.29) is 6.04 Å². The lowest BCUT2D eigenvalue weighted by molar-refractivity contribution is 0.685. The zero-order chi connectivity index (χ0) is 14.8. The third-order valence-corrected chi connectivity index (χ3v) is 5.36. The zero-order valence-corrected chi connectivity index (χ0v) is 14.3. The summed E-state index contributed by atoms with van der Waals surface area (Å²) in [6.45, 7) is 4.27. The van der Waals surface area contributed by atoms with E-state index in [1.807, 2.05) is 0 Å². The standard InChI is InChI=1S/C15H16ClN3S2/c1-3-5-11(12-6-4-7-20-12)17-13-10-8-9(2)21-14(10)19-15(16)18-13/h4,6-8,11H,3,5H2,1-2H3,(H,17,18,19). The maximum atomic E-state index is 6.07. The third-order valence-electron chi connectivity index (χ3n) is 3.26. The summed E-state index contributed by atoms with van der Waals surface area (Å²) in [4.78, 5) is 12.2. The largest absolute Gasteiger partial charge is 0.362 e. The quantitative estimate of drug-likeness (QED) is 0.610. The summed E-state index contributed by atoms with van der Waals surface area (Å²) < 4.78 is 0. The van der Waals surface area contributed by atoms with Gasteiger partial charge in [0.25, 0.3) is 0 Å². The van der Waals surface area contributed by atoms with Gasteiger partial charge in [-0.1, -0.05) is 19.4 Å². The lowest BCUT2D eigenvalue weighted by Gasteiger charge is -2.18. The highest BCUT2D eigenvalue weighted by Gasteiger charge is 2.16. The van der Waals surface area contributed by atoms with Crippen molar-refractivity contribution in [2.24, 2.45) is 0 Å². The van der Waals surface area contributed by atoms with Crippen LogP contribution in [0.3, 0.4) is 0 Å². The number of aromatic nitrogens is 2. The number of nitrogens with zero attached hydrogens (tertiary/aromatic N) is 2. The van der Waals surface area contributed by atoms with Crippen LogP contribution in [0.15, 0.2) is 23.6 Å². The average Bonchev–Trinajstić information content (AvgIpc) is 3.06. The van der Waals surface area contributed by atoms with E-state index >= 15 is 0 Å². The second-order valence-corrected chi connectivity index (χ2v) is 7.47. The highest BCUT2D eigenvalue weighted by molar-refractivity contribution is 7.18. The van der Waals surface area contributed by atoms with Gasteiger partial charge in [-0.3, -0.25) is 0 Å². The summed E-state index contributed by atoms with van der Waals surface area (Å²) in [6.07, 6.45) is 2.17. The Bertz CT molecular complexity index is 737. The molecule has 3 aromatic rings. The van der Waals surface area contributed by atoms with Crippen molar-refractivity contribution in [2.45, 2.75) is 32.7 Å². The van der Waals surface area contributed by atoms with E-state index in [4.69, 9.17) is 11.6 Å². The molecule has 1 atom stereocenters. The Labute approximate surface area is 137 Å². The van der Waals surface area contributed by atoms with Gasteiger partial charge in [0.05, 0.1) is 11.4 Å². The van der Waals surface area contributed by atoms with Crippen LogP contribution in [0.25, 0.3) is 10.2 Å². The molecule has 0 amide bonds. The van der Waals surface area contributed by atoms with Crippen molar-refractivity contribution in [3.63, 3.8) is 0 Å². The Morgan fingerprint density at radius 1 is 1.38 bits per heavy atom. The van der Waals surface area contributed by atoms with Crippen molar-refractivity contribution < 1.29 is 0 Å². The number of anilines is 1. The summed E-state index contributed by atoms with van der Waals surface area (Å²) in [7, 11) is 0. The molecule has 0 aliphatic carbocycles. The first-order valence-electron chi connectivity index (χ1n) is 6.91. The first kappa shape index (κ1) is 14.8. The van der Waals surface area contributed by atoms with Gasteiger partial charge >= 0.3 is 0 Å². The molecule has 0 spiro atoms. The molecule has 110 valence electrons. The number of fused-ring (bicyclic) bond motifs is 1. The minimum Gasteiger partial charge on any atom is -0.362 e. The molecule has 21 heavy (non-hydrogen) atoms. The molecule has 0 aliphatic rings. The van der Waals surface area contributed by atoms with Gasteiger partial charge in [0, 0.05) is 9.75 Å². The first-order chi connectivity index (χ1) is 10.2. The summed E-state index contributed by atoms with van der Waals surface area (Å²) >= 11 is 9.48. The summed E-state index contributed by atoms with van der Waals surface area (Å²) in [5.41, 5.74) is 0. The van der Waals surface area contributed by atoms with Crippen LogP contribution in [-0.2, 0) is 0 Å². The minimum atomic E-state index is 0.268. The number of thiophene rings is 2. The number of hydrogen-bond donors (Lipinski definition) is 1. The number of nitrogens with one attached hydrogen (secondary N) is 1. The van der Waals surface area contributed by atoms with Crippen LogP contribution in [0.4, 0.5) is 5.82 Å². The third kappa shape index (κ3) is 3.20. The van der Waals surface area contributed by atoms with Gasteiger partial charge < -0.3 is 5.32 Å². The van der Waals surface area contributed by atoms with E-state index in [0.29, 0.717) is 5.28 Å². The molecule has 3 aromatic heterocycles. The summed E-state index contributed by atoms with van der Waals surface area (Å²) in [6, 6.07) is 6.64. The molecule has 0 saturated carbocycles. The fourth-order valence-corrected chi connectivity index (χ4v) is 4.27. The van der Waals surface area contributed by atoms with Crippen LogP contribution < -0.4 is 5.32 Å². The van der Waals surface area contributed by atoms with Gasteiger partial charge in [-0.25, -0.2) is 9.97 Å². The lowest BCUT2D eigenvalue weighted by atomic mass is 10.1. The maximum absolute atomic E-state index is 6.07. The van der Waals surface area contributed by atoms with Crippen LogP contribution in [0.1, 0.15) is 35.6 Å². The molecule has 0 aliphatic heterocycles. The van der Waals surface area contributed by atoms with E-state index in [1.54, 1.807) is 22.7 Å². The molecule has 3 heterocycles. The number of rotatable bonds is 5. The molecular formula is C15H16ClN3S2. The number of halogens is 1. The zero-order valence-electron chi connectivity index (χ0n) is 11.9. The maximum Gasteiger partial charge on any atom is 0.225 e. The van der Waals surface area contributed by atoms with Crippen LogP contribution in [0, 0.1) is 6.92 Å². The average molecular weight is 338 g/mol. The summed E-state index contributed by atoms with van der Waals surface area (Å²) in [5, 5.41) is 7.02. The molecule has 0 saturated heterocycles. The predicted molar refractivity (Wildman–Crippen MR) is 92.8 cm³/mol. The van der Waals surface area contributed by atoms with E-state index < -0.39 is 0 Å². The van der Waals surface area contributed by atoms with E-state index in [9.17, 15) is 0 Å². The van der Waals surface area contributed by atoms with Gasteiger partial charge in [-0.05, 0) is 42.5 Å². The van der Waals surface area contributed by atoms with Crippen molar-refractivity contribution in [1.82, 2.24) is 9.97 Å². The van der Waals surface area contributed by atoms with E-state index in [1.165, 1.54) is 9.75 Å². The fraction of sp³-hybridized carbons (Fsp3) is 0.333. The first-order valence-corrected chi connectivity index (χ1v) is 8.98. The van der Waals surface area contributed by atoms with Crippen LogP contribution >= 0.6 is 34.3 Å². The van der Waals surface area contributed by atoms with Crippen molar-refractivity contribution >= 4 is 50.3 Å². The Hall–Kier alpha value is -1.17. The van der Waals surface area contributed by atoms with E-state index in [2.05, 4.69) is 52.7 Å². The molecule has 0 aromatic carbocycles. The molecule has 3 rings (SSSR count). The van der Waals surface area contributed by atoms with Gasteiger partial charge in [0.2, 0.25) is 5.28 Å². The van der Waals surface area contributed by atoms with Crippen LogP contribution in [0.2, 0.25) is 5.28 Å². The van der Waals surface area contributed by atoms with Crippen molar-refractivity contribution in [3.05, 3.63) is 38.6 Å².